The van der Waals surface area contributed by atoms with Crippen molar-refractivity contribution in [1.82, 2.24) is 29.9 Å². The summed E-state index contributed by atoms with van der Waals surface area (Å²) in [5, 5.41) is 0. The Labute approximate surface area is 240 Å². The fourth-order valence-corrected chi connectivity index (χ4v) is 4.78. The summed E-state index contributed by atoms with van der Waals surface area (Å²) in [7, 11) is 0. The van der Waals surface area contributed by atoms with Crippen molar-refractivity contribution in [1.29, 1.82) is 0 Å². The molecule has 0 aromatic carbocycles. The van der Waals surface area contributed by atoms with Crippen molar-refractivity contribution in [2.45, 2.75) is 32.1 Å². The minimum absolute atomic E-state index is 0.852. The third-order valence-corrected chi connectivity index (χ3v) is 6.86. The number of hydrogen-bond donors (Lipinski definition) is 0. The number of nitrogens with zero attached hydrogens (tertiary/aromatic N) is 6. The van der Waals surface area contributed by atoms with Gasteiger partial charge in [-0.15, -0.1) is 0 Å². The lowest BCUT2D eigenvalue weighted by molar-refractivity contribution is 0.665. The standard InChI is InChI=1S/C35H30N6/c1(2-12-26-14-8-18-32(38-26)34-22-10-20-30(40-34)28-16-4-6-24-36-28)3-13-27-15-9-19-33(39-27)35-23-11-21-31(41-35)29-17-5-7-25-37-29/h4-11,14-25H,1-3,12-13H2. The Morgan fingerprint density at radius 2 is 0.683 bits per heavy atom. The molecule has 6 nitrogen and oxygen atoms in total. The van der Waals surface area contributed by atoms with E-state index in [1.807, 2.05) is 84.9 Å². The predicted octanol–water partition coefficient (Wildman–Crippen LogP) is 7.68. The summed E-state index contributed by atoms with van der Waals surface area (Å²) >= 11 is 0. The molecule has 6 heterocycles. The molecule has 6 rings (SSSR count). The molecule has 0 aliphatic rings. The molecule has 0 unspecified atom stereocenters. The van der Waals surface area contributed by atoms with Gasteiger partial charge in [0.25, 0.3) is 0 Å². The highest BCUT2D eigenvalue weighted by Crippen LogP contribution is 2.22. The van der Waals surface area contributed by atoms with Gasteiger partial charge in [0.05, 0.1) is 45.6 Å². The zero-order chi connectivity index (χ0) is 27.7. The smallest absolute Gasteiger partial charge is 0.0894 e. The van der Waals surface area contributed by atoms with Crippen LogP contribution in [0, 0.1) is 0 Å². The van der Waals surface area contributed by atoms with E-state index < -0.39 is 0 Å². The molecule has 6 heteroatoms. The van der Waals surface area contributed by atoms with Crippen molar-refractivity contribution in [3.8, 4) is 45.6 Å². The summed E-state index contributed by atoms with van der Waals surface area (Å²) in [5.74, 6) is 0. The molecule has 6 aromatic rings. The van der Waals surface area contributed by atoms with E-state index in [-0.39, 0.29) is 0 Å². The van der Waals surface area contributed by atoms with Gasteiger partial charge >= 0.3 is 0 Å². The lowest BCUT2D eigenvalue weighted by Crippen LogP contribution is -1.97. The molecule has 0 amide bonds. The minimum atomic E-state index is 0.852. The van der Waals surface area contributed by atoms with Crippen molar-refractivity contribution < 1.29 is 0 Å². The first-order valence-electron chi connectivity index (χ1n) is 14.0. The van der Waals surface area contributed by atoms with E-state index in [9.17, 15) is 0 Å². The van der Waals surface area contributed by atoms with Gasteiger partial charge in [-0.2, -0.15) is 0 Å². The van der Waals surface area contributed by atoms with Gasteiger partial charge < -0.3 is 0 Å². The predicted molar refractivity (Wildman–Crippen MR) is 163 cm³/mol. The average molecular weight is 535 g/mol. The summed E-state index contributed by atoms with van der Waals surface area (Å²) in [6, 6.07) is 36.1. The second-order valence-electron chi connectivity index (χ2n) is 9.84. The van der Waals surface area contributed by atoms with Crippen LogP contribution in [0.5, 0.6) is 0 Å². The fraction of sp³-hybridized carbons (Fsp3) is 0.143. The molecule has 0 aliphatic heterocycles. The largest absolute Gasteiger partial charge is 0.255 e. The van der Waals surface area contributed by atoms with Crippen LogP contribution in [0.2, 0.25) is 0 Å². The Morgan fingerprint density at radius 3 is 1.10 bits per heavy atom. The summed E-state index contributed by atoms with van der Waals surface area (Å²) < 4.78 is 0. The molecule has 0 fully saturated rings. The minimum Gasteiger partial charge on any atom is -0.255 e. The Kier molecular flexibility index (Phi) is 8.18. The maximum Gasteiger partial charge on any atom is 0.0894 e. The van der Waals surface area contributed by atoms with Crippen LogP contribution >= 0.6 is 0 Å². The van der Waals surface area contributed by atoms with Crippen molar-refractivity contribution in [2.24, 2.45) is 0 Å². The van der Waals surface area contributed by atoms with Crippen molar-refractivity contribution in [3.05, 3.63) is 133 Å². The fourth-order valence-electron chi connectivity index (χ4n) is 4.78. The molecule has 0 atom stereocenters. The van der Waals surface area contributed by atoms with Gasteiger partial charge in [-0.3, -0.25) is 19.9 Å². The Bertz CT molecular complexity index is 1590. The second-order valence-corrected chi connectivity index (χ2v) is 9.84. The van der Waals surface area contributed by atoms with Gasteiger partial charge in [-0.05, 0) is 98.5 Å². The van der Waals surface area contributed by atoms with Gasteiger partial charge in [-0.1, -0.05) is 42.8 Å². The van der Waals surface area contributed by atoms with E-state index >= 15 is 0 Å². The van der Waals surface area contributed by atoms with E-state index in [1.165, 1.54) is 0 Å². The van der Waals surface area contributed by atoms with Crippen LogP contribution in [0.3, 0.4) is 0 Å². The summed E-state index contributed by atoms with van der Waals surface area (Å²) in [6.45, 7) is 0. The lowest BCUT2D eigenvalue weighted by Gasteiger charge is -2.07. The number of aromatic nitrogens is 6. The normalized spacial score (nSPS) is 10.9. The highest BCUT2D eigenvalue weighted by atomic mass is 14.8. The van der Waals surface area contributed by atoms with E-state index in [0.717, 1.165) is 89.0 Å². The van der Waals surface area contributed by atoms with Gasteiger partial charge in [0.2, 0.25) is 0 Å². The van der Waals surface area contributed by atoms with Crippen molar-refractivity contribution in [3.63, 3.8) is 0 Å². The monoisotopic (exact) mass is 534 g/mol. The molecule has 200 valence electrons. The molecule has 41 heavy (non-hydrogen) atoms. The van der Waals surface area contributed by atoms with Crippen molar-refractivity contribution >= 4 is 0 Å². The molecular formula is C35H30N6. The summed E-state index contributed by atoms with van der Waals surface area (Å²) in [4.78, 5) is 28.3. The molecule has 0 saturated carbocycles. The molecule has 0 bridgehead atoms. The van der Waals surface area contributed by atoms with Gasteiger partial charge in [0.15, 0.2) is 0 Å². The third kappa shape index (κ3) is 6.73. The molecule has 6 aromatic heterocycles. The Hall–Kier alpha value is -5.10. The van der Waals surface area contributed by atoms with E-state index in [1.54, 1.807) is 12.4 Å². The lowest BCUT2D eigenvalue weighted by atomic mass is 10.1. The van der Waals surface area contributed by atoms with Crippen LogP contribution in [-0.2, 0) is 12.8 Å². The Balaban J connectivity index is 1.03. The number of pyridine rings is 6. The zero-order valence-corrected chi connectivity index (χ0v) is 22.8. The quantitative estimate of drug-likeness (QED) is 0.168. The molecule has 0 N–H and O–H groups in total. The van der Waals surface area contributed by atoms with Crippen molar-refractivity contribution in [2.75, 3.05) is 0 Å². The van der Waals surface area contributed by atoms with E-state index in [2.05, 4.69) is 34.2 Å². The third-order valence-electron chi connectivity index (χ3n) is 6.86. The van der Waals surface area contributed by atoms with Gasteiger partial charge in [0.1, 0.15) is 0 Å². The second kappa shape index (κ2) is 12.8. The maximum atomic E-state index is 4.90. The average Bonchev–Trinajstić information content (AvgIpc) is 3.06. The van der Waals surface area contributed by atoms with E-state index in [0.29, 0.717) is 0 Å². The van der Waals surface area contributed by atoms with E-state index in [4.69, 9.17) is 19.9 Å². The highest BCUT2D eigenvalue weighted by molar-refractivity contribution is 5.62. The van der Waals surface area contributed by atoms with Crippen LogP contribution in [0.25, 0.3) is 45.6 Å². The highest BCUT2D eigenvalue weighted by Gasteiger charge is 2.08. The first-order valence-corrected chi connectivity index (χ1v) is 14.0. The summed E-state index contributed by atoms with van der Waals surface area (Å²) in [6.07, 6.45) is 8.71. The maximum absolute atomic E-state index is 4.90. The first-order chi connectivity index (χ1) is 20.3. The molecule has 0 spiro atoms. The van der Waals surface area contributed by atoms with Crippen LogP contribution in [-0.4, -0.2) is 29.9 Å². The molecule has 0 radical (unpaired) electrons. The van der Waals surface area contributed by atoms with Crippen LogP contribution in [0.4, 0.5) is 0 Å². The van der Waals surface area contributed by atoms with Crippen LogP contribution in [0.15, 0.2) is 122 Å². The SMILES string of the molecule is c1ccc(-c2cccc(-c3cccc(CCCCCc4cccc(-c5cccc(-c6ccccn6)n5)n4)n3)n2)nc1. The number of rotatable bonds is 10. The van der Waals surface area contributed by atoms with Crippen LogP contribution < -0.4 is 0 Å². The van der Waals surface area contributed by atoms with Gasteiger partial charge in [-0.25, -0.2) is 9.97 Å². The topological polar surface area (TPSA) is 77.3 Å². The number of unbranched alkanes of at least 4 members (excludes halogenated alkanes) is 2. The van der Waals surface area contributed by atoms with Gasteiger partial charge in [0, 0.05) is 23.8 Å². The summed E-state index contributed by atoms with van der Waals surface area (Å²) in [5.41, 5.74) is 9.11. The molecular weight excluding hydrogens is 504 g/mol. The van der Waals surface area contributed by atoms with Crippen LogP contribution in [0.1, 0.15) is 30.7 Å². The molecule has 0 aliphatic carbocycles. The Morgan fingerprint density at radius 1 is 0.317 bits per heavy atom. The zero-order valence-electron chi connectivity index (χ0n) is 22.8. The number of aryl methyl sites for hydroxylation is 2. The first kappa shape index (κ1) is 26.1. The number of hydrogen-bond acceptors (Lipinski definition) is 6. The molecule has 0 saturated heterocycles.